The van der Waals surface area contributed by atoms with Crippen molar-refractivity contribution in [1.29, 1.82) is 0 Å². The molecule has 0 saturated heterocycles. The molecule has 0 aliphatic rings. The minimum atomic E-state index is -4.91. The van der Waals surface area contributed by atoms with Gasteiger partial charge in [-0.1, -0.05) is 72.8 Å². The highest BCUT2D eigenvalue weighted by molar-refractivity contribution is 7.86. The second-order valence-corrected chi connectivity index (χ2v) is 10.8. The van der Waals surface area contributed by atoms with E-state index in [2.05, 4.69) is 0 Å². The zero-order valence-electron chi connectivity index (χ0n) is 20.6. The van der Waals surface area contributed by atoms with E-state index in [1.165, 1.54) is 11.0 Å². The Morgan fingerprint density at radius 1 is 0.865 bits per heavy atom. The largest absolute Gasteiger partial charge is 0.444 e. The van der Waals surface area contributed by atoms with E-state index < -0.39 is 44.6 Å². The van der Waals surface area contributed by atoms with E-state index in [9.17, 15) is 26.4 Å². The lowest BCUT2D eigenvalue weighted by Crippen LogP contribution is -2.39. The van der Waals surface area contributed by atoms with Gasteiger partial charge in [0.1, 0.15) is 16.6 Å². The fourth-order valence-corrected chi connectivity index (χ4v) is 4.80. The molecule has 0 fully saturated rings. The molecular weight excluding hydrogens is 507 g/mol. The van der Waals surface area contributed by atoms with Crippen LogP contribution in [-0.4, -0.2) is 31.6 Å². The number of carbonyl (C=O) groups excluding carboxylic acids is 1. The molecule has 1 unspecified atom stereocenters. The van der Waals surface area contributed by atoms with Crippen LogP contribution in [0.4, 0.5) is 18.0 Å². The number of halogens is 3. The summed E-state index contributed by atoms with van der Waals surface area (Å²) in [7, 11) is -4.90. The Balaban J connectivity index is 2.01. The number of hydrogen-bond acceptors (Lipinski definition) is 5. The van der Waals surface area contributed by atoms with Gasteiger partial charge in [0.05, 0.1) is 12.1 Å². The first-order chi connectivity index (χ1) is 17.3. The van der Waals surface area contributed by atoms with Crippen LogP contribution in [0.25, 0.3) is 0 Å². The molecule has 0 N–H and O–H groups in total. The molecule has 3 aromatic rings. The van der Waals surface area contributed by atoms with Crippen LogP contribution in [0.3, 0.4) is 0 Å². The van der Waals surface area contributed by atoms with Crippen molar-refractivity contribution in [3.05, 3.63) is 102 Å². The lowest BCUT2D eigenvalue weighted by Gasteiger charge is -2.30. The summed E-state index contributed by atoms with van der Waals surface area (Å²) < 4.78 is 78.0. The predicted molar refractivity (Wildman–Crippen MR) is 132 cm³/mol. The van der Waals surface area contributed by atoms with Crippen LogP contribution >= 0.6 is 0 Å². The first kappa shape index (κ1) is 28.2. The second-order valence-electron chi connectivity index (χ2n) is 9.29. The van der Waals surface area contributed by atoms with Gasteiger partial charge in [-0.25, -0.2) is 4.79 Å². The first-order valence-electron chi connectivity index (χ1n) is 11.4. The van der Waals surface area contributed by atoms with Gasteiger partial charge in [-0.15, -0.1) is 0 Å². The molecule has 0 aliphatic heterocycles. The molecule has 6 nitrogen and oxygen atoms in total. The molecule has 0 saturated carbocycles. The van der Waals surface area contributed by atoms with Gasteiger partial charge in [-0.2, -0.15) is 21.6 Å². The van der Waals surface area contributed by atoms with Crippen LogP contribution in [0.5, 0.6) is 0 Å². The highest BCUT2D eigenvalue weighted by Gasteiger charge is 2.38. The smallest absolute Gasteiger partial charge is 0.417 e. The normalized spacial score (nSPS) is 13.1. The molecule has 10 heteroatoms. The maximum Gasteiger partial charge on any atom is 0.417 e. The predicted octanol–water partition coefficient (Wildman–Crippen LogP) is 6.59. The van der Waals surface area contributed by atoms with Gasteiger partial charge in [0.2, 0.25) is 0 Å². The molecule has 0 bridgehead atoms. The molecule has 0 aromatic heterocycles. The van der Waals surface area contributed by atoms with Crippen LogP contribution in [-0.2, 0) is 31.8 Å². The third-order valence-corrected chi connectivity index (χ3v) is 6.51. The second kappa shape index (κ2) is 11.4. The van der Waals surface area contributed by atoms with Crippen LogP contribution < -0.4 is 0 Å². The zero-order valence-corrected chi connectivity index (χ0v) is 21.4. The van der Waals surface area contributed by atoms with Gasteiger partial charge < -0.3 is 9.64 Å². The molecule has 37 heavy (non-hydrogen) atoms. The third-order valence-electron chi connectivity index (χ3n) is 5.13. The number of rotatable bonds is 8. The van der Waals surface area contributed by atoms with Crippen molar-refractivity contribution >= 4 is 16.2 Å². The lowest BCUT2D eigenvalue weighted by atomic mass is 10.1. The molecule has 0 heterocycles. The quantitative estimate of drug-likeness (QED) is 0.304. The number of carbonyl (C=O) groups is 1. The average molecular weight is 536 g/mol. The number of hydrogen-bond donors (Lipinski definition) is 0. The van der Waals surface area contributed by atoms with Crippen molar-refractivity contribution in [2.75, 3.05) is 6.54 Å². The summed E-state index contributed by atoms with van der Waals surface area (Å²) >= 11 is 0. The molecule has 3 aromatic carbocycles. The Kier molecular flexibility index (Phi) is 8.65. The Morgan fingerprint density at radius 2 is 1.41 bits per heavy atom. The molecule has 0 spiro atoms. The number of alkyl halides is 3. The summed E-state index contributed by atoms with van der Waals surface area (Å²) in [6.45, 7) is 4.82. The first-order valence-corrected chi connectivity index (χ1v) is 12.8. The van der Waals surface area contributed by atoms with E-state index in [-0.39, 0.29) is 13.1 Å². The molecule has 1 atom stereocenters. The maximum absolute atomic E-state index is 13.6. The van der Waals surface area contributed by atoms with Crippen LogP contribution in [0.1, 0.15) is 43.6 Å². The Labute approximate surface area is 214 Å². The van der Waals surface area contributed by atoms with E-state index in [1.807, 2.05) is 6.07 Å². The molecule has 0 aliphatic carbocycles. The zero-order chi connectivity index (χ0) is 27.3. The van der Waals surface area contributed by atoms with E-state index in [0.717, 1.165) is 17.7 Å². The summed E-state index contributed by atoms with van der Waals surface area (Å²) in [6, 6.07) is 20.9. The SMILES string of the molecule is CC(C)(C)OC(=O)N(Cc1ccccc1)CC(OS(=O)(=O)c1ccccc1C(F)(F)F)c1ccccc1. The van der Waals surface area contributed by atoms with Crippen molar-refractivity contribution in [3.63, 3.8) is 0 Å². The summed E-state index contributed by atoms with van der Waals surface area (Å²) in [5.74, 6) is 0. The molecular formula is C27H28F3NO5S. The fourth-order valence-electron chi connectivity index (χ4n) is 3.52. The standard InChI is InChI=1S/C27H28F3NO5S/c1-26(2,3)35-25(32)31(18-20-12-6-4-7-13-20)19-23(21-14-8-5-9-15-21)36-37(33,34)24-17-11-10-16-22(24)27(28,29)30/h4-17,23H,18-19H2,1-3H3. The monoisotopic (exact) mass is 535 g/mol. The number of benzene rings is 3. The fraction of sp³-hybridized carbons (Fsp3) is 0.296. The van der Waals surface area contributed by atoms with Crippen molar-refractivity contribution < 1.29 is 35.3 Å². The van der Waals surface area contributed by atoms with Gasteiger partial charge in [-0.3, -0.25) is 4.18 Å². The van der Waals surface area contributed by atoms with Crippen LogP contribution in [0.2, 0.25) is 0 Å². The van der Waals surface area contributed by atoms with E-state index in [4.69, 9.17) is 8.92 Å². The van der Waals surface area contributed by atoms with Crippen LogP contribution in [0, 0.1) is 0 Å². The van der Waals surface area contributed by atoms with E-state index in [1.54, 1.807) is 75.4 Å². The van der Waals surface area contributed by atoms with Crippen molar-refractivity contribution in [2.24, 2.45) is 0 Å². The van der Waals surface area contributed by atoms with E-state index in [0.29, 0.717) is 11.6 Å². The molecule has 1 amide bonds. The highest BCUT2D eigenvalue weighted by atomic mass is 32.2. The Bertz CT molecular complexity index is 1290. The minimum absolute atomic E-state index is 0.0572. The lowest BCUT2D eigenvalue weighted by molar-refractivity contribution is -0.140. The Hall–Kier alpha value is -3.37. The van der Waals surface area contributed by atoms with Gasteiger partial charge >= 0.3 is 12.3 Å². The van der Waals surface area contributed by atoms with Gasteiger partial charge in [0.25, 0.3) is 10.1 Å². The number of nitrogens with zero attached hydrogens (tertiary/aromatic N) is 1. The highest BCUT2D eigenvalue weighted by Crippen LogP contribution is 2.36. The van der Waals surface area contributed by atoms with Crippen molar-refractivity contribution in [1.82, 2.24) is 4.90 Å². The summed E-state index contributed by atoms with van der Waals surface area (Å²) in [4.78, 5) is 13.4. The maximum atomic E-state index is 13.6. The summed E-state index contributed by atoms with van der Waals surface area (Å²) in [5, 5.41) is 0. The average Bonchev–Trinajstić information content (AvgIpc) is 2.82. The number of amides is 1. The number of ether oxygens (including phenoxy) is 1. The molecule has 0 radical (unpaired) electrons. The Morgan fingerprint density at radius 3 is 1.97 bits per heavy atom. The van der Waals surface area contributed by atoms with Crippen molar-refractivity contribution in [2.45, 2.75) is 50.1 Å². The summed E-state index contributed by atoms with van der Waals surface area (Å²) in [5.41, 5.74) is -1.08. The van der Waals surface area contributed by atoms with Crippen molar-refractivity contribution in [3.8, 4) is 0 Å². The molecule has 198 valence electrons. The molecule has 3 rings (SSSR count). The third kappa shape index (κ3) is 8.06. The van der Waals surface area contributed by atoms with Gasteiger partial charge in [0, 0.05) is 6.54 Å². The van der Waals surface area contributed by atoms with E-state index >= 15 is 0 Å². The van der Waals surface area contributed by atoms with Crippen LogP contribution in [0.15, 0.2) is 89.8 Å². The summed E-state index contributed by atoms with van der Waals surface area (Å²) in [6.07, 6.45) is -6.96. The topological polar surface area (TPSA) is 72.9 Å². The minimum Gasteiger partial charge on any atom is -0.444 e. The van der Waals surface area contributed by atoms with Gasteiger partial charge in [0.15, 0.2) is 0 Å². The van der Waals surface area contributed by atoms with Gasteiger partial charge in [-0.05, 0) is 44.0 Å².